The smallest absolute Gasteiger partial charge is 0.0429 e. The van der Waals surface area contributed by atoms with Gasteiger partial charge in [-0.2, -0.15) is 0 Å². The fraction of sp³-hybridized carbons (Fsp3) is 0.538. The fourth-order valence-corrected chi connectivity index (χ4v) is 2.67. The van der Waals surface area contributed by atoms with Crippen LogP contribution in [0.2, 0.25) is 5.02 Å². The van der Waals surface area contributed by atoms with Gasteiger partial charge in [0.2, 0.25) is 0 Å². The number of anilines is 1. The molecule has 0 saturated carbocycles. The summed E-state index contributed by atoms with van der Waals surface area (Å²) in [5.41, 5.74) is 7.75. The number of rotatable bonds is 2. The molecule has 0 aromatic heterocycles. The van der Waals surface area contributed by atoms with Crippen molar-refractivity contribution >= 4 is 17.3 Å². The number of halogens is 1. The average Bonchev–Trinajstić information content (AvgIpc) is 2.43. The summed E-state index contributed by atoms with van der Waals surface area (Å²) < 4.78 is 0. The first-order valence-corrected chi connectivity index (χ1v) is 6.19. The molecule has 0 spiro atoms. The van der Waals surface area contributed by atoms with E-state index >= 15 is 0 Å². The second kappa shape index (κ2) is 4.64. The number of nitrogen functional groups attached to an aromatic ring is 1. The van der Waals surface area contributed by atoms with Gasteiger partial charge < -0.3 is 5.73 Å². The summed E-state index contributed by atoms with van der Waals surface area (Å²) in [4.78, 5) is 2.47. The van der Waals surface area contributed by atoms with Crippen LogP contribution in [-0.4, -0.2) is 18.0 Å². The summed E-state index contributed by atoms with van der Waals surface area (Å²) in [5.74, 6) is 1.58. The van der Waals surface area contributed by atoms with Crippen LogP contribution in [0.3, 0.4) is 0 Å². The number of hydrogen-bond acceptors (Lipinski definition) is 2. The molecule has 1 aliphatic heterocycles. The van der Waals surface area contributed by atoms with Crippen molar-refractivity contribution < 1.29 is 0 Å². The van der Waals surface area contributed by atoms with E-state index in [0.29, 0.717) is 0 Å². The van der Waals surface area contributed by atoms with E-state index < -0.39 is 0 Å². The summed E-state index contributed by atoms with van der Waals surface area (Å²) in [6.07, 6.45) is 0. The molecule has 3 heteroatoms. The van der Waals surface area contributed by atoms with Crippen LogP contribution in [0.15, 0.2) is 18.2 Å². The Hall–Kier alpha value is -0.730. The third kappa shape index (κ3) is 2.69. The maximum atomic E-state index is 5.99. The van der Waals surface area contributed by atoms with Crippen LogP contribution in [0.4, 0.5) is 5.69 Å². The van der Waals surface area contributed by atoms with Crippen molar-refractivity contribution in [1.29, 1.82) is 0 Å². The molecule has 0 amide bonds. The topological polar surface area (TPSA) is 29.3 Å². The average molecular weight is 239 g/mol. The van der Waals surface area contributed by atoms with Crippen molar-refractivity contribution in [2.75, 3.05) is 18.8 Å². The van der Waals surface area contributed by atoms with E-state index in [1.807, 2.05) is 12.1 Å². The highest BCUT2D eigenvalue weighted by molar-refractivity contribution is 6.30. The lowest BCUT2D eigenvalue weighted by atomic mass is 10.0. The first kappa shape index (κ1) is 11.7. The predicted octanol–water partition coefficient (Wildman–Crippen LogP) is 3.01. The Morgan fingerprint density at radius 1 is 1.25 bits per heavy atom. The third-order valence-electron chi connectivity index (χ3n) is 3.45. The Balaban J connectivity index is 2.04. The molecular weight excluding hydrogens is 220 g/mol. The van der Waals surface area contributed by atoms with Gasteiger partial charge >= 0.3 is 0 Å². The van der Waals surface area contributed by atoms with E-state index in [-0.39, 0.29) is 0 Å². The maximum absolute atomic E-state index is 5.99. The Morgan fingerprint density at radius 3 is 2.44 bits per heavy atom. The zero-order chi connectivity index (χ0) is 11.7. The molecule has 0 aliphatic carbocycles. The van der Waals surface area contributed by atoms with Gasteiger partial charge in [-0.3, -0.25) is 4.90 Å². The summed E-state index contributed by atoms with van der Waals surface area (Å²) >= 11 is 5.99. The molecule has 2 rings (SSSR count). The van der Waals surface area contributed by atoms with E-state index in [2.05, 4.69) is 18.7 Å². The van der Waals surface area contributed by atoms with Gasteiger partial charge in [-0.1, -0.05) is 25.4 Å². The van der Waals surface area contributed by atoms with E-state index in [9.17, 15) is 0 Å². The van der Waals surface area contributed by atoms with Gasteiger partial charge in [0.15, 0.2) is 0 Å². The molecule has 2 atom stereocenters. The second-order valence-corrected chi connectivity index (χ2v) is 5.48. The molecule has 0 radical (unpaired) electrons. The molecule has 2 N–H and O–H groups in total. The van der Waals surface area contributed by atoms with E-state index in [1.54, 1.807) is 6.07 Å². The monoisotopic (exact) mass is 238 g/mol. The fourth-order valence-electron chi connectivity index (χ4n) is 2.40. The highest BCUT2D eigenvalue weighted by Crippen LogP contribution is 2.25. The summed E-state index contributed by atoms with van der Waals surface area (Å²) in [5, 5.41) is 0.732. The third-order valence-corrected chi connectivity index (χ3v) is 3.67. The molecule has 1 aromatic carbocycles. The second-order valence-electron chi connectivity index (χ2n) is 5.04. The molecule has 1 fully saturated rings. The van der Waals surface area contributed by atoms with Crippen molar-refractivity contribution in [3.05, 3.63) is 28.8 Å². The van der Waals surface area contributed by atoms with Crippen LogP contribution >= 0.6 is 11.6 Å². The molecule has 1 aromatic rings. The quantitative estimate of drug-likeness (QED) is 0.803. The van der Waals surface area contributed by atoms with Crippen LogP contribution in [0, 0.1) is 11.8 Å². The molecule has 2 nitrogen and oxygen atoms in total. The molecule has 2 unspecified atom stereocenters. The van der Waals surface area contributed by atoms with E-state index in [1.165, 1.54) is 18.7 Å². The van der Waals surface area contributed by atoms with Gasteiger partial charge in [-0.15, -0.1) is 0 Å². The lowest BCUT2D eigenvalue weighted by Crippen LogP contribution is -2.20. The highest BCUT2D eigenvalue weighted by atomic mass is 35.5. The van der Waals surface area contributed by atoms with E-state index in [4.69, 9.17) is 17.3 Å². The van der Waals surface area contributed by atoms with Crippen LogP contribution in [0.25, 0.3) is 0 Å². The van der Waals surface area contributed by atoms with Gasteiger partial charge in [-0.05, 0) is 35.6 Å². The summed E-state index contributed by atoms with van der Waals surface area (Å²) in [6.45, 7) is 7.94. The Bertz CT molecular complexity index is 348. The minimum atomic E-state index is 0.732. The highest BCUT2D eigenvalue weighted by Gasteiger charge is 2.25. The molecule has 1 saturated heterocycles. The molecule has 0 bridgehead atoms. The normalized spacial score (nSPS) is 26.2. The van der Waals surface area contributed by atoms with Gasteiger partial charge in [0, 0.05) is 30.3 Å². The molecular formula is C13H19ClN2. The number of nitrogens with zero attached hydrogens (tertiary/aromatic N) is 1. The van der Waals surface area contributed by atoms with Gasteiger partial charge in [-0.25, -0.2) is 0 Å². The lowest BCUT2D eigenvalue weighted by Gasteiger charge is -2.15. The van der Waals surface area contributed by atoms with Crippen molar-refractivity contribution in [2.24, 2.45) is 11.8 Å². The Labute approximate surface area is 102 Å². The van der Waals surface area contributed by atoms with Crippen LogP contribution < -0.4 is 5.73 Å². The molecule has 88 valence electrons. The zero-order valence-corrected chi connectivity index (χ0v) is 10.7. The standard InChI is InChI=1S/C13H19ClN2/c1-9-6-16(7-10(9)2)8-11-3-12(14)5-13(15)4-11/h3-5,9-10H,6-8,15H2,1-2H3. The Morgan fingerprint density at radius 2 is 1.88 bits per heavy atom. The summed E-state index contributed by atoms with van der Waals surface area (Å²) in [7, 11) is 0. The van der Waals surface area contributed by atoms with Gasteiger partial charge in [0.25, 0.3) is 0 Å². The van der Waals surface area contributed by atoms with Crippen molar-refractivity contribution in [3.63, 3.8) is 0 Å². The maximum Gasteiger partial charge on any atom is 0.0429 e. The molecule has 1 heterocycles. The van der Waals surface area contributed by atoms with Crippen LogP contribution in [-0.2, 0) is 6.54 Å². The Kier molecular flexibility index (Phi) is 3.41. The largest absolute Gasteiger partial charge is 0.399 e. The summed E-state index contributed by atoms with van der Waals surface area (Å²) in [6, 6.07) is 5.81. The SMILES string of the molecule is CC1CN(Cc2cc(N)cc(Cl)c2)CC1C. The first-order chi connectivity index (χ1) is 7.54. The minimum Gasteiger partial charge on any atom is -0.399 e. The van der Waals surface area contributed by atoms with Crippen LogP contribution in [0.5, 0.6) is 0 Å². The number of benzene rings is 1. The van der Waals surface area contributed by atoms with Crippen molar-refractivity contribution in [1.82, 2.24) is 4.90 Å². The van der Waals surface area contributed by atoms with Crippen molar-refractivity contribution in [3.8, 4) is 0 Å². The molecule has 1 aliphatic rings. The van der Waals surface area contributed by atoms with E-state index in [0.717, 1.165) is 29.1 Å². The van der Waals surface area contributed by atoms with Gasteiger partial charge in [0.1, 0.15) is 0 Å². The number of hydrogen-bond donors (Lipinski definition) is 1. The minimum absolute atomic E-state index is 0.732. The van der Waals surface area contributed by atoms with Crippen molar-refractivity contribution in [2.45, 2.75) is 20.4 Å². The lowest BCUT2D eigenvalue weighted by molar-refractivity contribution is 0.316. The zero-order valence-electron chi connectivity index (χ0n) is 9.91. The predicted molar refractivity (Wildman–Crippen MR) is 69.5 cm³/mol. The van der Waals surface area contributed by atoms with Gasteiger partial charge in [0.05, 0.1) is 0 Å². The number of nitrogens with two attached hydrogens (primary N) is 1. The first-order valence-electron chi connectivity index (χ1n) is 5.82. The number of likely N-dealkylation sites (tertiary alicyclic amines) is 1. The van der Waals surface area contributed by atoms with Crippen LogP contribution in [0.1, 0.15) is 19.4 Å². The molecule has 16 heavy (non-hydrogen) atoms.